The van der Waals surface area contributed by atoms with Crippen LogP contribution in [0.3, 0.4) is 0 Å². The van der Waals surface area contributed by atoms with Gasteiger partial charge in [-0.1, -0.05) is 132 Å². The lowest BCUT2D eigenvalue weighted by molar-refractivity contribution is 1.10. The Balaban J connectivity index is 1.20. The molecule has 262 valence electrons. The van der Waals surface area contributed by atoms with Crippen molar-refractivity contribution in [1.82, 2.24) is 9.55 Å². The van der Waals surface area contributed by atoms with Crippen LogP contribution < -0.4 is 27.3 Å². The Morgan fingerprint density at radius 2 is 0.983 bits per heavy atom. The van der Waals surface area contributed by atoms with Gasteiger partial charge in [-0.15, -0.1) is 27.7 Å². The Morgan fingerprint density at radius 1 is 0.407 bits per heavy atom. The van der Waals surface area contributed by atoms with Gasteiger partial charge in [0.1, 0.15) is 45.1 Å². The van der Waals surface area contributed by atoms with E-state index in [1.54, 1.807) is 0 Å². The van der Waals surface area contributed by atoms with Crippen LogP contribution in [0.4, 0.5) is 0 Å². The first-order valence-electron chi connectivity index (χ1n) is 19.4. The van der Waals surface area contributed by atoms with Gasteiger partial charge >= 0.3 is 0 Å². The van der Waals surface area contributed by atoms with Crippen LogP contribution in [-0.4, -0.2) is 48.8 Å². The SMILES string of the molecule is [B]c1c([B])c([B])c(-c2ccc3c(-c4ccc(-c5nc6ccccc6n5-c5ccccc5)cc4)c4ccccc4c(-c4cccc5sc6ccccc6c45)c3c2)c([B])c1[B]. The molecular weight excluding hydrogens is 727 g/mol. The molecule has 0 spiro atoms. The maximum absolute atomic E-state index is 6.70. The number of para-hydroxylation sites is 3. The summed E-state index contributed by atoms with van der Waals surface area (Å²) in [5, 5.41) is 6.85. The summed E-state index contributed by atoms with van der Waals surface area (Å²) in [6, 6.07) is 57.8. The Morgan fingerprint density at radius 3 is 1.75 bits per heavy atom. The number of hydrogen-bond acceptors (Lipinski definition) is 2. The molecule has 0 saturated carbocycles. The molecule has 9 aromatic carbocycles. The average Bonchev–Trinajstić information content (AvgIpc) is 3.87. The van der Waals surface area contributed by atoms with Crippen molar-refractivity contribution in [3.05, 3.63) is 164 Å². The average molecular weight is 754 g/mol. The third-order valence-corrected chi connectivity index (χ3v) is 12.8. The number of thiophene rings is 1. The molecule has 0 amide bonds. The van der Waals surface area contributed by atoms with Gasteiger partial charge in [-0.2, -0.15) is 0 Å². The van der Waals surface area contributed by atoms with Crippen LogP contribution in [-0.2, 0) is 0 Å². The second kappa shape index (κ2) is 13.8. The van der Waals surface area contributed by atoms with E-state index in [4.69, 9.17) is 44.2 Å². The summed E-state index contributed by atoms with van der Waals surface area (Å²) in [5.41, 5.74) is 11.2. The molecular formula is C51H27B5N2S. The van der Waals surface area contributed by atoms with Crippen LogP contribution in [0.1, 0.15) is 0 Å². The second-order valence-corrected chi connectivity index (χ2v) is 16.0. The van der Waals surface area contributed by atoms with Crippen molar-refractivity contribution < 1.29 is 0 Å². The fourth-order valence-electron chi connectivity index (χ4n) is 8.92. The monoisotopic (exact) mass is 754 g/mol. The molecule has 0 atom stereocenters. The molecule has 0 N–H and O–H groups in total. The number of imidazole rings is 1. The van der Waals surface area contributed by atoms with Gasteiger partial charge in [0.2, 0.25) is 0 Å². The van der Waals surface area contributed by atoms with E-state index in [0.717, 1.165) is 77.5 Å². The van der Waals surface area contributed by atoms with Crippen molar-refractivity contribution in [3.8, 4) is 50.5 Å². The number of rotatable bonds is 5. The predicted molar refractivity (Wildman–Crippen MR) is 258 cm³/mol. The lowest BCUT2D eigenvalue weighted by Gasteiger charge is -2.23. The van der Waals surface area contributed by atoms with E-state index in [1.165, 1.54) is 20.2 Å². The van der Waals surface area contributed by atoms with E-state index in [1.807, 2.05) is 23.5 Å². The van der Waals surface area contributed by atoms with Crippen LogP contribution in [0.5, 0.6) is 0 Å². The molecule has 0 bridgehead atoms. The van der Waals surface area contributed by atoms with E-state index in [-0.39, 0.29) is 16.4 Å². The Kier molecular flexibility index (Phi) is 8.36. The van der Waals surface area contributed by atoms with Gasteiger partial charge in [-0.25, -0.2) is 4.98 Å². The zero-order valence-electron chi connectivity index (χ0n) is 31.8. The molecule has 0 aliphatic heterocycles. The summed E-state index contributed by atoms with van der Waals surface area (Å²) < 4.78 is 4.70. The van der Waals surface area contributed by atoms with Crippen LogP contribution in [0.15, 0.2) is 164 Å². The van der Waals surface area contributed by atoms with E-state index in [9.17, 15) is 0 Å². The summed E-state index contributed by atoms with van der Waals surface area (Å²) in [4.78, 5) is 5.14. The zero-order valence-corrected chi connectivity index (χ0v) is 32.6. The van der Waals surface area contributed by atoms with Crippen molar-refractivity contribution in [1.29, 1.82) is 0 Å². The molecule has 0 aliphatic rings. The molecule has 11 aromatic rings. The highest BCUT2D eigenvalue weighted by atomic mass is 32.1. The summed E-state index contributed by atoms with van der Waals surface area (Å²) in [7, 11) is 32.5. The number of fused-ring (bicyclic) bond motifs is 6. The van der Waals surface area contributed by atoms with Gasteiger partial charge in [0.05, 0.1) is 11.0 Å². The first-order valence-corrected chi connectivity index (χ1v) is 20.2. The number of nitrogens with zero attached hydrogens (tertiary/aromatic N) is 2. The zero-order chi connectivity index (χ0) is 39.9. The molecule has 2 nitrogen and oxygen atoms in total. The van der Waals surface area contributed by atoms with Crippen molar-refractivity contribution in [3.63, 3.8) is 0 Å². The van der Waals surface area contributed by atoms with E-state index < -0.39 is 0 Å². The first-order chi connectivity index (χ1) is 28.9. The van der Waals surface area contributed by atoms with Crippen molar-refractivity contribution in [2.45, 2.75) is 0 Å². The van der Waals surface area contributed by atoms with Crippen LogP contribution in [0, 0.1) is 0 Å². The predicted octanol–water partition coefficient (Wildman–Crippen LogP) is 8.34. The van der Waals surface area contributed by atoms with Crippen molar-refractivity contribution >= 4 is 131 Å². The van der Waals surface area contributed by atoms with E-state index in [2.05, 4.69) is 156 Å². The van der Waals surface area contributed by atoms with Crippen molar-refractivity contribution in [2.75, 3.05) is 0 Å². The lowest BCUT2D eigenvalue weighted by atomic mass is 9.59. The van der Waals surface area contributed by atoms with Crippen LogP contribution >= 0.6 is 11.3 Å². The highest BCUT2D eigenvalue weighted by molar-refractivity contribution is 7.26. The summed E-state index contributed by atoms with van der Waals surface area (Å²) in [6.07, 6.45) is 0. The molecule has 0 fully saturated rings. The van der Waals surface area contributed by atoms with Crippen molar-refractivity contribution in [2.24, 2.45) is 0 Å². The number of aromatic nitrogens is 2. The maximum Gasteiger partial charge on any atom is 0.145 e. The smallest absolute Gasteiger partial charge is 0.145 e. The summed E-state index contributed by atoms with van der Waals surface area (Å²) in [5.74, 6) is 0.881. The third-order valence-electron chi connectivity index (χ3n) is 11.7. The fourth-order valence-corrected chi connectivity index (χ4v) is 10.1. The minimum Gasteiger partial charge on any atom is -0.292 e. The first kappa shape index (κ1) is 35.7. The standard InChI is InChI=1S/C51H27B5N2S/c52-46-43(47(53)49(55)50(56)48(46)54)30-25-26-34-37(27-30)44(36-16-10-20-41-45(36)35-15-6-9-19-40(35)59-41)33-14-5-4-13-32(33)42(34)28-21-23-29(24-22-28)51-57-38-17-7-8-18-39(38)58(51)31-11-2-1-3-12-31/h1-27H. The number of benzene rings is 9. The molecule has 0 saturated heterocycles. The van der Waals surface area contributed by atoms with Gasteiger partial charge in [-0.3, -0.25) is 4.57 Å². The van der Waals surface area contributed by atoms with Gasteiger partial charge in [0.15, 0.2) is 0 Å². The minimum absolute atomic E-state index is 0.192. The second-order valence-electron chi connectivity index (χ2n) is 14.9. The molecule has 10 radical (unpaired) electrons. The molecule has 8 heteroatoms. The third kappa shape index (κ3) is 5.50. The lowest BCUT2D eigenvalue weighted by Crippen LogP contribution is -2.55. The number of hydrogen-bond donors (Lipinski definition) is 0. The van der Waals surface area contributed by atoms with Gasteiger partial charge in [0, 0.05) is 31.4 Å². The normalized spacial score (nSPS) is 11.7. The van der Waals surface area contributed by atoms with Gasteiger partial charge < -0.3 is 0 Å². The Labute approximate surface area is 352 Å². The van der Waals surface area contributed by atoms with Crippen LogP contribution in [0.25, 0.3) is 103 Å². The minimum atomic E-state index is 0.192. The molecule has 0 aliphatic carbocycles. The van der Waals surface area contributed by atoms with Gasteiger partial charge in [-0.05, 0) is 97.4 Å². The highest BCUT2D eigenvalue weighted by Crippen LogP contribution is 2.48. The van der Waals surface area contributed by atoms with E-state index >= 15 is 0 Å². The summed E-state index contributed by atoms with van der Waals surface area (Å²) >= 11 is 1.81. The van der Waals surface area contributed by atoms with Crippen LogP contribution in [0.2, 0.25) is 0 Å². The fraction of sp³-hybridized carbons (Fsp3) is 0. The summed E-state index contributed by atoms with van der Waals surface area (Å²) in [6.45, 7) is 0. The molecule has 11 rings (SSSR count). The maximum atomic E-state index is 6.70. The molecule has 59 heavy (non-hydrogen) atoms. The Bertz CT molecular complexity index is 3470. The topological polar surface area (TPSA) is 17.8 Å². The molecule has 2 heterocycles. The molecule has 2 aromatic heterocycles. The Hall–Kier alpha value is -6.49. The quantitative estimate of drug-likeness (QED) is 0.128. The highest BCUT2D eigenvalue weighted by Gasteiger charge is 2.22. The van der Waals surface area contributed by atoms with Gasteiger partial charge in [0.25, 0.3) is 0 Å². The largest absolute Gasteiger partial charge is 0.292 e. The van der Waals surface area contributed by atoms with E-state index in [0.29, 0.717) is 16.5 Å². The molecule has 0 unspecified atom stereocenters.